The SMILES string of the molecule is COc1ccc(O)c(C2=NC(C)(C(=O)O)CS2)c1. The first-order chi connectivity index (χ1) is 8.46. The van der Waals surface area contributed by atoms with E-state index in [4.69, 9.17) is 9.84 Å². The highest BCUT2D eigenvalue weighted by Crippen LogP contribution is 2.35. The summed E-state index contributed by atoms with van der Waals surface area (Å²) in [7, 11) is 1.53. The highest BCUT2D eigenvalue weighted by molar-refractivity contribution is 8.14. The molecule has 1 heterocycles. The molecule has 1 aromatic rings. The van der Waals surface area contributed by atoms with Gasteiger partial charge in [-0.25, -0.2) is 4.79 Å². The van der Waals surface area contributed by atoms with Gasteiger partial charge in [0.1, 0.15) is 16.5 Å². The van der Waals surface area contributed by atoms with Crippen molar-refractivity contribution in [1.82, 2.24) is 0 Å². The smallest absolute Gasteiger partial charge is 0.332 e. The molecule has 0 spiro atoms. The van der Waals surface area contributed by atoms with E-state index < -0.39 is 11.5 Å². The normalized spacial score (nSPS) is 22.7. The minimum Gasteiger partial charge on any atom is -0.507 e. The number of hydrogen-bond acceptors (Lipinski definition) is 5. The lowest BCUT2D eigenvalue weighted by molar-refractivity contribution is -0.141. The summed E-state index contributed by atoms with van der Waals surface area (Å²) in [6.07, 6.45) is 0. The number of thioether (sulfide) groups is 1. The Morgan fingerprint density at radius 1 is 1.56 bits per heavy atom. The number of aliphatic imine (C=N–C) groups is 1. The minimum absolute atomic E-state index is 0.0664. The third kappa shape index (κ3) is 2.15. The number of ether oxygens (including phenoxy) is 1. The number of aliphatic carboxylic acids is 1. The fourth-order valence-corrected chi connectivity index (χ4v) is 2.75. The van der Waals surface area contributed by atoms with Gasteiger partial charge in [-0.05, 0) is 25.1 Å². The van der Waals surface area contributed by atoms with E-state index in [1.54, 1.807) is 19.1 Å². The Kier molecular flexibility index (Phi) is 3.21. The maximum Gasteiger partial charge on any atom is 0.332 e. The molecule has 1 unspecified atom stereocenters. The number of rotatable bonds is 3. The average Bonchev–Trinajstić information content (AvgIpc) is 2.74. The molecular formula is C12H13NO4S. The zero-order valence-corrected chi connectivity index (χ0v) is 10.8. The summed E-state index contributed by atoms with van der Waals surface area (Å²) in [5.74, 6) is 0.0491. The first kappa shape index (κ1) is 12.8. The van der Waals surface area contributed by atoms with Crippen LogP contribution in [0.15, 0.2) is 23.2 Å². The van der Waals surface area contributed by atoms with E-state index in [-0.39, 0.29) is 5.75 Å². The molecule has 0 bridgehead atoms. The highest BCUT2D eigenvalue weighted by Gasteiger charge is 2.39. The number of nitrogens with zero attached hydrogens (tertiary/aromatic N) is 1. The lowest BCUT2D eigenvalue weighted by Gasteiger charge is -2.11. The Morgan fingerprint density at radius 2 is 2.28 bits per heavy atom. The van der Waals surface area contributed by atoms with Gasteiger partial charge < -0.3 is 14.9 Å². The molecule has 18 heavy (non-hydrogen) atoms. The Hall–Kier alpha value is -1.69. The van der Waals surface area contributed by atoms with Crippen LogP contribution in [0.25, 0.3) is 0 Å². The number of aromatic hydroxyl groups is 1. The fourth-order valence-electron chi connectivity index (χ4n) is 1.56. The molecule has 2 rings (SSSR count). The van der Waals surface area contributed by atoms with Crippen LogP contribution in [0.3, 0.4) is 0 Å². The number of phenols is 1. The molecular weight excluding hydrogens is 254 g/mol. The molecule has 1 aliphatic rings. The van der Waals surface area contributed by atoms with Crippen LogP contribution in [0.4, 0.5) is 0 Å². The van der Waals surface area contributed by atoms with Crippen molar-refractivity contribution in [3.63, 3.8) is 0 Å². The van der Waals surface area contributed by atoms with E-state index in [9.17, 15) is 9.90 Å². The van der Waals surface area contributed by atoms with Gasteiger partial charge in [0.15, 0.2) is 5.54 Å². The quantitative estimate of drug-likeness (QED) is 0.872. The predicted molar refractivity (Wildman–Crippen MR) is 69.7 cm³/mol. The largest absolute Gasteiger partial charge is 0.507 e. The van der Waals surface area contributed by atoms with Crippen LogP contribution in [0.2, 0.25) is 0 Å². The van der Waals surface area contributed by atoms with Crippen LogP contribution in [0.5, 0.6) is 11.5 Å². The van der Waals surface area contributed by atoms with E-state index in [0.717, 1.165) is 0 Å². The van der Waals surface area contributed by atoms with Gasteiger partial charge in [-0.1, -0.05) is 0 Å². The maximum atomic E-state index is 11.1. The van der Waals surface area contributed by atoms with E-state index >= 15 is 0 Å². The van der Waals surface area contributed by atoms with Crippen molar-refractivity contribution in [3.8, 4) is 11.5 Å². The lowest BCUT2D eigenvalue weighted by Crippen LogP contribution is -2.33. The number of carboxylic acids is 1. The Bertz CT molecular complexity index is 529. The number of phenolic OH excluding ortho intramolecular Hbond substituents is 1. The van der Waals surface area contributed by atoms with E-state index in [1.165, 1.54) is 24.9 Å². The molecule has 0 aliphatic carbocycles. The standard InChI is InChI=1S/C12H13NO4S/c1-12(11(15)16)6-18-10(13-12)8-5-7(17-2)3-4-9(8)14/h3-5,14H,6H2,1-2H3,(H,15,16). The molecule has 6 heteroatoms. The Labute approximate surface area is 108 Å². The first-order valence-corrected chi connectivity index (χ1v) is 6.28. The van der Waals surface area contributed by atoms with Crippen LogP contribution in [-0.2, 0) is 4.79 Å². The number of carbonyl (C=O) groups is 1. The third-order valence-corrected chi connectivity index (χ3v) is 4.02. The topological polar surface area (TPSA) is 79.1 Å². The van der Waals surface area contributed by atoms with E-state index in [0.29, 0.717) is 22.1 Å². The van der Waals surface area contributed by atoms with Gasteiger partial charge in [0.25, 0.3) is 0 Å². The van der Waals surface area contributed by atoms with Crippen LogP contribution in [-0.4, -0.2) is 39.6 Å². The van der Waals surface area contributed by atoms with Gasteiger partial charge in [-0.2, -0.15) is 0 Å². The third-order valence-electron chi connectivity index (χ3n) is 2.73. The molecule has 1 aromatic carbocycles. The van der Waals surface area contributed by atoms with Gasteiger partial charge in [0, 0.05) is 5.75 Å². The molecule has 5 nitrogen and oxygen atoms in total. The molecule has 96 valence electrons. The van der Waals surface area contributed by atoms with Crippen LogP contribution < -0.4 is 4.74 Å². The highest BCUT2D eigenvalue weighted by atomic mass is 32.2. The molecule has 0 saturated heterocycles. The van der Waals surface area contributed by atoms with Crippen molar-refractivity contribution in [1.29, 1.82) is 0 Å². The molecule has 0 aromatic heterocycles. The van der Waals surface area contributed by atoms with Crippen LogP contribution in [0.1, 0.15) is 12.5 Å². The number of carboxylic acid groups (broad SMARTS) is 1. The number of hydrogen-bond donors (Lipinski definition) is 2. The van der Waals surface area contributed by atoms with Crippen LogP contribution >= 0.6 is 11.8 Å². The van der Waals surface area contributed by atoms with Gasteiger partial charge in [0.05, 0.1) is 12.7 Å². The second-order valence-electron chi connectivity index (χ2n) is 4.17. The average molecular weight is 267 g/mol. The summed E-state index contributed by atoms with van der Waals surface area (Å²) >= 11 is 1.32. The van der Waals surface area contributed by atoms with Gasteiger partial charge in [0.2, 0.25) is 0 Å². The number of methoxy groups -OCH3 is 1. The van der Waals surface area contributed by atoms with Crippen LogP contribution in [0, 0.1) is 0 Å². The van der Waals surface area contributed by atoms with Crippen molar-refractivity contribution >= 4 is 22.8 Å². The zero-order chi connectivity index (χ0) is 13.3. The summed E-state index contributed by atoms with van der Waals surface area (Å²) in [6, 6.07) is 4.79. The van der Waals surface area contributed by atoms with E-state index in [2.05, 4.69) is 4.99 Å². The molecule has 2 N–H and O–H groups in total. The second kappa shape index (κ2) is 4.53. The predicted octanol–water partition coefficient (Wildman–Crippen LogP) is 1.74. The molecule has 0 radical (unpaired) electrons. The van der Waals surface area contributed by atoms with Crippen molar-refractivity contribution in [2.24, 2.45) is 4.99 Å². The van der Waals surface area contributed by atoms with Gasteiger partial charge in [-0.15, -0.1) is 11.8 Å². The fraction of sp³-hybridized carbons (Fsp3) is 0.333. The van der Waals surface area contributed by atoms with Crippen molar-refractivity contribution in [2.75, 3.05) is 12.9 Å². The summed E-state index contributed by atoms with van der Waals surface area (Å²) in [6.45, 7) is 1.56. The lowest BCUT2D eigenvalue weighted by atomic mass is 10.1. The zero-order valence-electron chi connectivity index (χ0n) is 10.0. The first-order valence-electron chi connectivity index (χ1n) is 5.30. The Balaban J connectivity index is 2.42. The van der Waals surface area contributed by atoms with Crippen molar-refractivity contribution < 1.29 is 19.7 Å². The molecule has 0 fully saturated rings. The number of benzene rings is 1. The summed E-state index contributed by atoms with van der Waals surface area (Å²) in [5, 5.41) is 19.4. The molecule has 0 saturated carbocycles. The van der Waals surface area contributed by atoms with Crippen molar-refractivity contribution in [2.45, 2.75) is 12.5 Å². The monoisotopic (exact) mass is 267 g/mol. The summed E-state index contributed by atoms with van der Waals surface area (Å²) in [5.41, 5.74) is -0.625. The van der Waals surface area contributed by atoms with E-state index in [1.807, 2.05) is 0 Å². The minimum atomic E-state index is -1.13. The Morgan fingerprint density at radius 3 is 2.83 bits per heavy atom. The second-order valence-corrected chi connectivity index (χ2v) is 5.13. The summed E-state index contributed by atoms with van der Waals surface area (Å²) in [4.78, 5) is 15.3. The molecule has 1 aliphatic heterocycles. The molecule has 0 amide bonds. The molecule has 1 atom stereocenters. The van der Waals surface area contributed by atoms with Gasteiger partial charge >= 0.3 is 5.97 Å². The van der Waals surface area contributed by atoms with Gasteiger partial charge in [-0.3, -0.25) is 4.99 Å². The maximum absolute atomic E-state index is 11.1. The van der Waals surface area contributed by atoms with Crippen molar-refractivity contribution in [3.05, 3.63) is 23.8 Å². The summed E-state index contributed by atoms with van der Waals surface area (Å²) < 4.78 is 5.08.